The summed E-state index contributed by atoms with van der Waals surface area (Å²) < 4.78 is 28.1. The fourth-order valence-electron chi connectivity index (χ4n) is 1.36. The third-order valence-corrected chi connectivity index (χ3v) is 5.53. The number of rotatable bonds is 2. The molecule has 0 amide bonds. The van der Waals surface area contributed by atoms with Crippen LogP contribution in [0.2, 0.25) is 4.34 Å². The maximum absolute atomic E-state index is 11.8. The van der Waals surface area contributed by atoms with Gasteiger partial charge in [-0.3, -0.25) is 0 Å². The van der Waals surface area contributed by atoms with Gasteiger partial charge in [0.05, 0.1) is 10.0 Å². The highest BCUT2D eigenvalue weighted by atomic mass is 35.5. The number of sulfonamides is 1. The first-order valence-corrected chi connectivity index (χ1v) is 7.48. The monoisotopic (exact) mass is 278 g/mol. The molecule has 0 aliphatic carbocycles. The zero-order valence-corrected chi connectivity index (χ0v) is 11.2. The number of fused-ring (bicyclic) bond motifs is 1. The van der Waals surface area contributed by atoms with Gasteiger partial charge in [-0.2, -0.15) is 8.42 Å². The summed E-state index contributed by atoms with van der Waals surface area (Å²) in [5.41, 5.74) is 0.542. The predicted octanol–water partition coefficient (Wildman–Crippen LogP) is 2.96. The Kier molecular flexibility index (Phi) is 2.98. The summed E-state index contributed by atoms with van der Waals surface area (Å²) >= 11 is 6.83. The first-order chi connectivity index (χ1) is 7.44. The zero-order valence-electron chi connectivity index (χ0n) is 8.82. The van der Waals surface area contributed by atoms with E-state index in [2.05, 4.69) is 9.71 Å². The molecule has 7 heteroatoms. The summed E-state index contributed by atoms with van der Waals surface area (Å²) in [7, 11) is -3.57. The van der Waals surface area contributed by atoms with Crippen LogP contribution in [0, 0.1) is 5.92 Å². The second-order valence-electron chi connectivity index (χ2n) is 3.64. The van der Waals surface area contributed by atoms with E-state index < -0.39 is 10.0 Å². The minimum atomic E-state index is -3.57. The lowest BCUT2D eigenvalue weighted by molar-refractivity contribution is 0.598. The summed E-state index contributed by atoms with van der Waals surface area (Å²) in [6.45, 7) is 3.91. The molecule has 0 fully saturated rings. The molecule has 0 bridgehead atoms. The molecule has 0 saturated heterocycles. The van der Waals surface area contributed by atoms with Gasteiger partial charge in [0.25, 0.3) is 10.0 Å². The lowest BCUT2D eigenvalue weighted by atomic mass is 10.1. The predicted molar refractivity (Wildman–Crippen MR) is 67.0 cm³/mol. The van der Waals surface area contributed by atoms with Gasteiger partial charge in [0.1, 0.15) is 5.84 Å². The van der Waals surface area contributed by atoms with E-state index in [-0.39, 0.29) is 10.1 Å². The molecule has 2 rings (SSSR count). The highest BCUT2D eigenvalue weighted by Crippen LogP contribution is 2.38. The van der Waals surface area contributed by atoms with Crippen molar-refractivity contribution in [3.63, 3.8) is 0 Å². The molecule has 4 nitrogen and oxygen atoms in total. The first-order valence-electron chi connectivity index (χ1n) is 4.85. The van der Waals surface area contributed by atoms with Gasteiger partial charge >= 0.3 is 0 Å². The van der Waals surface area contributed by atoms with Crippen LogP contribution < -0.4 is 5.32 Å². The second kappa shape index (κ2) is 4.01. The van der Waals surface area contributed by atoms with Gasteiger partial charge in [0, 0.05) is 5.92 Å². The second-order valence-corrected chi connectivity index (χ2v) is 7.12. The maximum atomic E-state index is 11.8. The zero-order chi connectivity index (χ0) is 11.9. The molecule has 1 aromatic heterocycles. The quantitative estimate of drug-likeness (QED) is 0.905. The summed E-state index contributed by atoms with van der Waals surface area (Å²) in [6.07, 6.45) is 0.828. The number of anilines is 1. The van der Waals surface area contributed by atoms with E-state index in [9.17, 15) is 8.42 Å². The van der Waals surface area contributed by atoms with Crippen LogP contribution in [-0.4, -0.2) is 14.3 Å². The number of hydrogen-bond acceptors (Lipinski definition) is 4. The molecule has 16 heavy (non-hydrogen) atoms. The third kappa shape index (κ3) is 1.97. The van der Waals surface area contributed by atoms with Crippen LogP contribution in [0.15, 0.2) is 14.7 Å². The Morgan fingerprint density at radius 1 is 1.62 bits per heavy atom. The van der Waals surface area contributed by atoms with Crippen LogP contribution in [0.25, 0.3) is 0 Å². The lowest BCUT2D eigenvalue weighted by Crippen LogP contribution is -2.25. The van der Waals surface area contributed by atoms with Crippen molar-refractivity contribution in [2.24, 2.45) is 10.3 Å². The van der Waals surface area contributed by atoms with Gasteiger partial charge in [0.2, 0.25) is 0 Å². The molecule has 0 spiro atoms. The van der Waals surface area contributed by atoms with Crippen LogP contribution in [0.3, 0.4) is 0 Å². The van der Waals surface area contributed by atoms with Crippen molar-refractivity contribution in [3.05, 3.63) is 10.4 Å². The molecule has 1 unspecified atom stereocenters. The largest absolute Gasteiger partial charge is 0.341 e. The highest BCUT2D eigenvalue weighted by molar-refractivity contribution is 7.92. The van der Waals surface area contributed by atoms with Gasteiger partial charge in [-0.05, 0) is 12.5 Å². The number of halogens is 1. The van der Waals surface area contributed by atoms with Crippen molar-refractivity contribution < 1.29 is 8.42 Å². The van der Waals surface area contributed by atoms with Crippen molar-refractivity contribution in [1.82, 2.24) is 0 Å². The van der Waals surface area contributed by atoms with Crippen molar-refractivity contribution >= 4 is 44.5 Å². The molecule has 1 aliphatic heterocycles. The Balaban J connectivity index is 2.50. The van der Waals surface area contributed by atoms with Gasteiger partial charge < -0.3 is 5.32 Å². The normalized spacial score (nSPS) is 19.6. The Bertz CT molecular complexity index is 548. The molecule has 1 N–H and O–H groups in total. The number of hydrogen-bond donors (Lipinski definition) is 1. The number of nitrogens with one attached hydrogen (secondary N) is 1. The highest BCUT2D eigenvalue weighted by Gasteiger charge is 2.29. The molecular weight excluding hydrogens is 268 g/mol. The smallest absolute Gasteiger partial charge is 0.295 e. The minimum Gasteiger partial charge on any atom is -0.341 e. The van der Waals surface area contributed by atoms with E-state index >= 15 is 0 Å². The van der Waals surface area contributed by atoms with E-state index in [1.54, 1.807) is 6.07 Å². The fraction of sp³-hybridized carbons (Fsp3) is 0.444. The van der Waals surface area contributed by atoms with Crippen LogP contribution >= 0.6 is 22.9 Å². The molecule has 0 saturated carbocycles. The van der Waals surface area contributed by atoms with Crippen molar-refractivity contribution in [2.45, 2.75) is 24.5 Å². The van der Waals surface area contributed by atoms with E-state index in [1.807, 2.05) is 13.8 Å². The SMILES string of the molecule is CCC(C)C1=NS(=O)(=O)c2sc(Cl)cc2N1. The van der Waals surface area contributed by atoms with E-state index in [1.165, 1.54) is 0 Å². The van der Waals surface area contributed by atoms with E-state index in [0.717, 1.165) is 17.8 Å². The first kappa shape index (κ1) is 11.9. The lowest BCUT2D eigenvalue weighted by Gasteiger charge is -2.18. The Morgan fingerprint density at radius 2 is 2.31 bits per heavy atom. The van der Waals surface area contributed by atoms with Crippen LogP contribution in [0.4, 0.5) is 5.69 Å². The molecule has 88 valence electrons. The standard InChI is InChI=1S/C9H11ClN2O2S2/c1-3-5(2)8-11-6-4-7(10)15-9(6)16(13,14)12-8/h4-5H,3H2,1-2H3,(H,11,12). The topological polar surface area (TPSA) is 58.5 Å². The molecule has 2 heterocycles. The van der Waals surface area contributed by atoms with Crippen LogP contribution in [-0.2, 0) is 10.0 Å². The summed E-state index contributed by atoms with van der Waals surface area (Å²) in [5.74, 6) is 0.575. The number of nitrogens with zero attached hydrogens (tertiary/aromatic N) is 1. The molecule has 1 aliphatic rings. The third-order valence-electron chi connectivity index (χ3n) is 2.46. The Morgan fingerprint density at radius 3 is 2.94 bits per heavy atom. The van der Waals surface area contributed by atoms with Gasteiger partial charge in [0.15, 0.2) is 4.21 Å². The Hall–Kier alpha value is -0.590. The van der Waals surface area contributed by atoms with Gasteiger partial charge in [-0.1, -0.05) is 25.4 Å². The van der Waals surface area contributed by atoms with Crippen molar-refractivity contribution in [3.8, 4) is 0 Å². The van der Waals surface area contributed by atoms with E-state index in [4.69, 9.17) is 11.6 Å². The van der Waals surface area contributed by atoms with Gasteiger partial charge in [-0.15, -0.1) is 15.7 Å². The molecular formula is C9H11ClN2O2S2. The summed E-state index contributed by atoms with van der Waals surface area (Å²) in [6, 6.07) is 1.62. The summed E-state index contributed by atoms with van der Waals surface area (Å²) in [4.78, 5) is 0. The molecule has 1 atom stereocenters. The number of thiophene rings is 1. The number of amidine groups is 1. The average molecular weight is 279 g/mol. The van der Waals surface area contributed by atoms with Crippen LogP contribution in [0.1, 0.15) is 20.3 Å². The van der Waals surface area contributed by atoms with Crippen LogP contribution in [0.5, 0.6) is 0 Å². The van der Waals surface area contributed by atoms with Crippen molar-refractivity contribution in [1.29, 1.82) is 0 Å². The average Bonchev–Trinajstić information content (AvgIpc) is 2.57. The Labute approximate surface area is 103 Å². The summed E-state index contributed by atoms with van der Waals surface area (Å²) in [5, 5.41) is 3.02. The minimum absolute atomic E-state index is 0.0848. The molecule has 1 aromatic rings. The maximum Gasteiger partial charge on any atom is 0.295 e. The van der Waals surface area contributed by atoms with E-state index in [0.29, 0.717) is 15.9 Å². The molecule has 0 radical (unpaired) electrons. The van der Waals surface area contributed by atoms with Gasteiger partial charge in [-0.25, -0.2) is 0 Å². The fourth-order valence-corrected chi connectivity index (χ4v) is 4.17. The molecule has 0 aromatic carbocycles. The van der Waals surface area contributed by atoms with Crippen molar-refractivity contribution in [2.75, 3.05) is 5.32 Å².